The second kappa shape index (κ2) is 9.40. The number of hydrogen-bond acceptors (Lipinski definition) is 5. The summed E-state index contributed by atoms with van der Waals surface area (Å²) in [6.45, 7) is 6.48. The molecule has 6 nitrogen and oxygen atoms in total. The van der Waals surface area contributed by atoms with E-state index in [1.54, 1.807) is 19.2 Å². The second-order valence-electron chi connectivity index (χ2n) is 8.31. The average Bonchev–Trinajstić information content (AvgIpc) is 2.89. The molecule has 0 saturated heterocycles. The fourth-order valence-electron chi connectivity index (χ4n) is 3.73. The first-order valence-electron chi connectivity index (χ1n) is 10.3. The normalized spacial score (nSPS) is 17.8. The van der Waals surface area contributed by atoms with Crippen molar-refractivity contribution in [2.75, 3.05) is 18.6 Å². The van der Waals surface area contributed by atoms with E-state index >= 15 is 0 Å². The predicted molar refractivity (Wildman–Crippen MR) is 122 cm³/mol. The zero-order valence-electron chi connectivity index (χ0n) is 18.3. The molecule has 0 bridgehead atoms. The standard InChI is InChI=1S/C24H28BrNO5/c1-15(2)9-10-31-21-8-5-17(11-22(21)30-4)14-26-20-7-6-18(25)12-19(20)24(29,23(26)28)13-16(3)27/h5-8,11-12,15,29H,9-10,13-14H2,1-4H3. The van der Waals surface area contributed by atoms with Crippen LogP contribution in [0.15, 0.2) is 40.9 Å². The van der Waals surface area contributed by atoms with E-state index < -0.39 is 11.5 Å². The van der Waals surface area contributed by atoms with Crippen molar-refractivity contribution in [1.82, 2.24) is 0 Å². The molecule has 0 radical (unpaired) electrons. The van der Waals surface area contributed by atoms with E-state index in [2.05, 4.69) is 29.8 Å². The molecule has 31 heavy (non-hydrogen) atoms. The van der Waals surface area contributed by atoms with Crippen LogP contribution < -0.4 is 14.4 Å². The number of Topliss-reactive ketones (excluding diaryl/α,β-unsaturated/α-hetero) is 1. The zero-order valence-corrected chi connectivity index (χ0v) is 19.9. The van der Waals surface area contributed by atoms with E-state index in [0.29, 0.717) is 35.3 Å². The Hall–Kier alpha value is -2.38. The van der Waals surface area contributed by atoms with Crippen LogP contribution in [0, 0.1) is 5.92 Å². The SMILES string of the molecule is COc1cc(CN2C(=O)C(O)(CC(C)=O)c3cc(Br)ccc32)ccc1OCCC(C)C. The van der Waals surface area contributed by atoms with Crippen LogP contribution >= 0.6 is 15.9 Å². The molecule has 0 aliphatic carbocycles. The number of ether oxygens (including phenoxy) is 2. The number of methoxy groups -OCH3 is 1. The lowest BCUT2D eigenvalue weighted by atomic mass is 9.90. The maximum Gasteiger partial charge on any atom is 0.264 e. The van der Waals surface area contributed by atoms with E-state index in [4.69, 9.17) is 9.47 Å². The van der Waals surface area contributed by atoms with Gasteiger partial charge in [0.15, 0.2) is 17.1 Å². The third-order valence-corrected chi connectivity index (χ3v) is 5.81. The summed E-state index contributed by atoms with van der Waals surface area (Å²) in [6.07, 6.45) is 0.673. The summed E-state index contributed by atoms with van der Waals surface area (Å²) in [5, 5.41) is 11.2. The molecule has 2 aromatic rings. The lowest BCUT2D eigenvalue weighted by molar-refractivity contribution is -0.141. The molecule has 1 unspecified atom stereocenters. The number of rotatable bonds is 9. The van der Waals surface area contributed by atoms with Gasteiger partial charge in [0.2, 0.25) is 0 Å². The van der Waals surface area contributed by atoms with Crippen molar-refractivity contribution in [1.29, 1.82) is 0 Å². The van der Waals surface area contributed by atoms with Crippen molar-refractivity contribution in [2.24, 2.45) is 5.92 Å². The first kappa shape index (κ1) is 23.3. The fraction of sp³-hybridized carbons (Fsp3) is 0.417. The highest BCUT2D eigenvalue weighted by molar-refractivity contribution is 9.10. The molecule has 2 aromatic carbocycles. The Morgan fingerprint density at radius 2 is 1.94 bits per heavy atom. The zero-order chi connectivity index (χ0) is 22.8. The van der Waals surface area contributed by atoms with Gasteiger partial charge in [0.25, 0.3) is 5.91 Å². The maximum absolute atomic E-state index is 13.2. The third-order valence-electron chi connectivity index (χ3n) is 5.32. The van der Waals surface area contributed by atoms with Crippen molar-refractivity contribution in [3.63, 3.8) is 0 Å². The average molecular weight is 490 g/mol. The van der Waals surface area contributed by atoms with Crippen molar-refractivity contribution in [3.8, 4) is 11.5 Å². The minimum Gasteiger partial charge on any atom is -0.493 e. The van der Waals surface area contributed by atoms with Crippen LogP contribution in [-0.4, -0.2) is 30.5 Å². The molecule has 1 atom stereocenters. The molecule has 0 spiro atoms. The van der Waals surface area contributed by atoms with Gasteiger partial charge in [-0.05, 0) is 55.2 Å². The number of carbonyl (C=O) groups excluding carboxylic acids is 2. The Bertz CT molecular complexity index is 990. The van der Waals surface area contributed by atoms with Crippen molar-refractivity contribution in [2.45, 2.75) is 45.8 Å². The summed E-state index contributed by atoms with van der Waals surface area (Å²) < 4.78 is 12.1. The smallest absolute Gasteiger partial charge is 0.264 e. The van der Waals surface area contributed by atoms with E-state index in [1.807, 2.05) is 24.3 Å². The predicted octanol–water partition coefficient (Wildman–Crippen LogP) is 4.60. The summed E-state index contributed by atoms with van der Waals surface area (Å²) in [5.41, 5.74) is -0.0206. The highest BCUT2D eigenvalue weighted by atomic mass is 79.9. The van der Waals surface area contributed by atoms with Gasteiger partial charge in [-0.25, -0.2) is 0 Å². The van der Waals surface area contributed by atoms with Crippen LogP contribution in [-0.2, 0) is 21.7 Å². The number of halogens is 1. The summed E-state index contributed by atoms with van der Waals surface area (Å²) in [6, 6.07) is 10.8. The lowest BCUT2D eigenvalue weighted by Crippen LogP contribution is -2.41. The summed E-state index contributed by atoms with van der Waals surface area (Å²) >= 11 is 3.39. The maximum atomic E-state index is 13.2. The molecule has 166 valence electrons. The second-order valence-corrected chi connectivity index (χ2v) is 9.22. The van der Waals surface area contributed by atoms with Crippen LogP contribution in [0.1, 0.15) is 44.7 Å². The Kier molecular flexibility index (Phi) is 7.06. The van der Waals surface area contributed by atoms with Gasteiger partial charge in [0.05, 0.1) is 25.9 Å². The van der Waals surface area contributed by atoms with Gasteiger partial charge >= 0.3 is 0 Å². The van der Waals surface area contributed by atoms with Crippen LogP contribution in [0.3, 0.4) is 0 Å². The topological polar surface area (TPSA) is 76.1 Å². The third kappa shape index (κ3) is 4.93. The van der Waals surface area contributed by atoms with Crippen LogP contribution in [0.5, 0.6) is 11.5 Å². The number of amides is 1. The van der Waals surface area contributed by atoms with Crippen molar-refractivity contribution < 1.29 is 24.2 Å². The number of ketones is 1. The molecular weight excluding hydrogens is 462 g/mol. The molecule has 1 heterocycles. The van der Waals surface area contributed by atoms with Crippen molar-refractivity contribution >= 4 is 33.3 Å². The molecule has 1 aliphatic heterocycles. The van der Waals surface area contributed by atoms with Crippen LogP contribution in [0.25, 0.3) is 0 Å². The van der Waals surface area contributed by atoms with Gasteiger partial charge in [-0.3, -0.25) is 9.59 Å². The quantitative estimate of drug-likeness (QED) is 0.556. The lowest BCUT2D eigenvalue weighted by Gasteiger charge is -2.22. The molecular formula is C24H28BrNO5. The molecule has 3 rings (SSSR count). The first-order chi connectivity index (χ1) is 14.7. The number of carbonyl (C=O) groups is 2. The van der Waals surface area contributed by atoms with Gasteiger partial charge in [0.1, 0.15) is 5.78 Å². The number of benzene rings is 2. The molecule has 1 aliphatic rings. The van der Waals surface area contributed by atoms with Gasteiger partial charge in [-0.15, -0.1) is 0 Å². The summed E-state index contributed by atoms with van der Waals surface area (Å²) in [7, 11) is 1.58. The largest absolute Gasteiger partial charge is 0.493 e. The van der Waals surface area contributed by atoms with E-state index in [0.717, 1.165) is 16.5 Å². The number of anilines is 1. The monoisotopic (exact) mass is 489 g/mol. The summed E-state index contributed by atoms with van der Waals surface area (Å²) in [5.74, 6) is 1.01. The Morgan fingerprint density at radius 3 is 2.58 bits per heavy atom. The highest BCUT2D eigenvalue weighted by Crippen LogP contribution is 2.44. The number of fused-ring (bicyclic) bond motifs is 1. The van der Waals surface area contributed by atoms with Gasteiger partial charge in [0, 0.05) is 16.5 Å². The van der Waals surface area contributed by atoms with E-state index in [-0.39, 0.29) is 18.7 Å². The van der Waals surface area contributed by atoms with Gasteiger partial charge in [-0.1, -0.05) is 35.8 Å². The van der Waals surface area contributed by atoms with E-state index in [1.165, 1.54) is 11.8 Å². The molecule has 0 aromatic heterocycles. The van der Waals surface area contributed by atoms with Crippen LogP contribution in [0.2, 0.25) is 0 Å². The molecule has 7 heteroatoms. The minimum absolute atomic E-state index is 0.232. The molecule has 1 amide bonds. The van der Waals surface area contributed by atoms with Gasteiger partial charge in [-0.2, -0.15) is 0 Å². The number of nitrogens with zero attached hydrogens (tertiary/aromatic N) is 1. The fourth-order valence-corrected chi connectivity index (χ4v) is 4.09. The number of hydrogen-bond donors (Lipinski definition) is 1. The molecule has 0 fully saturated rings. The summed E-state index contributed by atoms with van der Waals surface area (Å²) in [4.78, 5) is 26.5. The van der Waals surface area contributed by atoms with Crippen molar-refractivity contribution in [3.05, 3.63) is 52.0 Å². The Morgan fingerprint density at radius 1 is 1.19 bits per heavy atom. The number of aliphatic hydroxyl groups is 1. The highest BCUT2D eigenvalue weighted by Gasteiger charge is 2.50. The Balaban J connectivity index is 1.88. The molecule has 0 saturated carbocycles. The minimum atomic E-state index is -1.87. The first-order valence-corrected chi connectivity index (χ1v) is 11.1. The van der Waals surface area contributed by atoms with Crippen LogP contribution in [0.4, 0.5) is 5.69 Å². The Labute approximate surface area is 191 Å². The molecule has 1 N–H and O–H groups in total. The van der Waals surface area contributed by atoms with Gasteiger partial charge < -0.3 is 19.5 Å². The van der Waals surface area contributed by atoms with E-state index in [9.17, 15) is 14.7 Å².